The summed E-state index contributed by atoms with van der Waals surface area (Å²) in [7, 11) is 0. The molecule has 172 valence electrons. The lowest BCUT2D eigenvalue weighted by Gasteiger charge is -2.19. The maximum Gasteiger partial charge on any atom is 0.329 e. The number of esters is 1. The number of Topliss-reactive ketones (excluding diaryl/α,β-unsaturated/α-hetero) is 1. The van der Waals surface area contributed by atoms with E-state index in [9.17, 15) is 19.5 Å². The molecule has 0 fully saturated rings. The molecule has 0 unspecified atom stereocenters. The predicted molar refractivity (Wildman–Crippen MR) is 125 cm³/mol. The van der Waals surface area contributed by atoms with Gasteiger partial charge in [0.05, 0.1) is 17.4 Å². The van der Waals surface area contributed by atoms with Gasteiger partial charge in [0.15, 0.2) is 5.78 Å². The number of rotatable bonds is 8. The maximum absolute atomic E-state index is 13.0. The Morgan fingerprint density at radius 3 is 2.62 bits per heavy atom. The predicted octanol–water partition coefficient (Wildman–Crippen LogP) is 3.56. The van der Waals surface area contributed by atoms with Gasteiger partial charge < -0.3 is 20.1 Å². The fraction of sp³-hybridized carbons (Fsp3) is 0.154. The highest BCUT2D eigenvalue weighted by molar-refractivity contribution is 6.00. The summed E-state index contributed by atoms with van der Waals surface area (Å²) in [6.07, 6.45) is 1.55. The Kier molecular flexibility index (Phi) is 6.68. The summed E-state index contributed by atoms with van der Waals surface area (Å²) >= 11 is 0. The first-order chi connectivity index (χ1) is 16.4. The Morgan fingerprint density at radius 1 is 1.06 bits per heavy atom. The number of phenols is 1. The number of ether oxygens (including phenoxy) is 1. The molecule has 0 saturated heterocycles. The normalized spacial score (nSPS) is 11.7. The second kappa shape index (κ2) is 9.99. The van der Waals surface area contributed by atoms with Gasteiger partial charge in [-0.3, -0.25) is 9.59 Å². The van der Waals surface area contributed by atoms with Crippen LogP contribution in [0.25, 0.3) is 11.0 Å². The van der Waals surface area contributed by atoms with Gasteiger partial charge in [-0.15, -0.1) is 0 Å². The Bertz CT molecular complexity index is 1350. The van der Waals surface area contributed by atoms with E-state index in [0.29, 0.717) is 22.2 Å². The van der Waals surface area contributed by atoms with Crippen LogP contribution in [0.1, 0.15) is 38.8 Å². The molecule has 1 atom stereocenters. The Morgan fingerprint density at radius 2 is 1.85 bits per heavy atom. The number of H-pyrrole nitrogens is 1. The molecule has 1 aromatic heterocycles. The van der Waals surface area contributed by atoms with E-state index in [1.165, 1.54) is 25.4 Å². The third-order valence-corrected chi connectivity index (χ3v) is 5.39. The maximum atomic E-state index is 13.0. The summed E-state index contributed by atoms with van der Waals surface area (Å²) in [4.78, 5) is 45.2. The first kappa shape index (κ1) is 22.7. The topological polar surface area (TPSA) is 121 Å². The molecule has 1 amide bonds. The Labute approximate surface area is 195 Å². The summed E-state index contributed by atoms with van der Waals surface area (Å²) in [5, 5.41) is 12.5. The van der Waals surface area contributed by atoms with Gasteiger partial charge in [-0.25, -0.2) is 9.78 Å². The Balaban J connectivity index is 1.58. The third kappa shape index (κ3) is 5.29. The number of nitrogens with one attached hydrogen (secondary N) is 2. The summed E-state index contributed by atoms with van der Waals surface area (Å²) in [5.74, 6) is -1.43. The zero-order valence-electron chi connectivity index (χ0n) is 18.4. The summed E-state index contributed by atoms with van der Waals surface area (Å²) in [6.45, 7) is 1.42. The van der Waals surface area contributed by atoms with Gasteiger partial charge >= 0.3 is 5.97 Å². The van der Waals surface area contributed by atoms with Crippen molar-refractivity contribution in [2.45, 2.75) is 26.0 Å². The molecule has 0 radical (unpaired) electrons. The van der Waals surface area contributed by atoms with Crippen LogP contribution in [0.15, 0.2) is 73.1 Å². The SMILES string of the molecule is CC(=O)c1cc(O)ccc1C[C@H](NC(=O)c1ccc2nc[nH]c2c1)C(=O)OCc1ccccc1. The van der Waals surface area contributed by atoms with E-state index in [0.717, 1.165) is 5.56 Å². The number of aromatic amines is 1. The molecule has 3 aromatic carbocycles. The number of hydrogen-bond donors (Lipinski definition) is 3. The van der Waals surface area contributed by atoms with Gasteiger partial charge in [0.1, 0.15) is 18.4 Å². The lowest BCUT2D eigenvalue weighted by molar-refractivity contribution is -0.147. The van der Waals surface area contributed by atoms with Crippen molar-refractivity contribution in [1.29, 1.82) is 0 Å². The van der Waals surface area contributed by atoms with Gasteiger partial charge in [-0.05, 0) is 48.4 Å². The minimum atomic E-state index is -1.06. The van der Waals surface area contributed by atoms with Gasteiger partial charge in [-0.2, -0.15) is 0 Å². The first-order valence-corrected chi connectivity index (χ1v) is 10.7. The molecule has 8 heteroatoms. The largest absolute Gasteiger partial charge is 0.508 e. The standard InChI is InChI=1S/C26H23N3O5/c1-16(30)21-13-20(31)9-7-18(21)11-24(26(33)34-14-17-5-3-2-4-6-17)29-25(32)19-8-10-22-23(12-19)28-15-27-22/h2-10,12-13,15,24,31H,11,14H2,1H3,(H,27,28)(H,29,32)/t24-/m0/s1. The molecule has 0 saturated carbocycles. The van der Waals surface area contributed by atoms with Crippen molar-refractivity contribution < 1.29 is 24.2 Å². The monoisotopic (exact) mass is 457 g/mol. The number of aromatic nitrogens is 2. The quantitative estimate of drug-likeness (QED) is 0.275. The van der Waals surface area contributed by atoms with Crippen LogP contribution in [0.4, 0.5) is 0 Å². The van der Waals surface area contributed by atoms with Crippen LogP contribution in [0, 0.1) is 0 Å². The van der Waals surface area contributed by atoms with Crippen LogP contribution in [-0.4, -0.2) is 38.8 Å². The second-order valence-electron chi connectivity index (χ2n) is 7.86. The van der Waals surface area contributed by atoms with Crippen molar-refractivity contribution >= 4 is 28.7 Å². The summed E-state index contributed by atoms with van der Waals surface area (Å²) in [5.41, 5.74) is 3.33. The third-order valence-electron chi connectivity index (χ3n) is 5.39. The van der Waals surface area contributed by atoms with Crippen LogP contribution in [0.2, 0.25) is 0 Å². The van der Waals surface area contributed by atoms with Gasteiger partial charge in [0.25, 0.3) is 5.91 Å². The van der Waals surface area contributed by atoms with Crippen LogP contribution < -0.4 is 5.32 Å². The molecular weight excluding hydrogens is 434 g/mol. The number of aromatic hydroxyl groups is 1. The van der Waals surface area contributed by atoms with Crippen LogP contribution in [0.5, 0.6) is 5.75 Å². The van der Waals surface area contributed by atoms with Crippen molar-refractivity contribution in [2.75, 3.05) is 0 Å². The summed E-state index contributed by atoms with van der Waals surface area (Å²) < 4.78 is 5.48. The molecule has 0 aliphatic heterocycles. The van der Waals surface area contributed by atoms with Gasteiger partial charge in [0.2, 0.25) is 0 Å². The highest BCUT2D eigenvalue weighted by Crippen LogP contribution is 2.20. The average molecular weight is 457 g/mol. The van der Waals surface area contributed by atoms with Gasteiger partial charge in [-0.1, -0.05) is 36.4 Å². The minimum Gasteiger partial charge on any atom is -0.508 e. The highest BCUT2D eigenvalue weighted by Gasteiger charge is 2.25. The van der Waals surface area contributed by atoms with Crippen LogP contribution in [0.3, 0.4) is 0 Å². The number of amides is 1. The lowest BCUT2D eigenvalue weighted by Crippen LogP contribution is -2.43. The van der Waals surface area contributed by atoms with Crippen LogP contribution in [-0.2, 0) is 22.6 Å². The van der Waals surface area contributed by atoms with E-state index in [4.69, 9.17) is 4.74 Å². The van der Waals surface area contributed by atoms with Crippen molar-refractivity contribution in [1.82, 2.24) is 15.3 Å². The average Bonchev–Trinajstić information content (AvgIpc) is 3.31. The zero-order chi connectivity index (χ0) is 24.1. The fourth-order valence-corrected chi connectivity index (χ4v) is 3.63. The summed E-state index contributed by atoms with van der Waals surface area (Å²) in [6, 6.07) is 17.4. The van der Waals surface area contributed by atoms with Crippen molar-refractivity contribution in [3.05, 3.63) is 95.3 Å². The van der Waals surface area contributed by atoms with Crippen LogP contribution >= 0.6 is 0 Å². The van der Waals surface area contributed by atoms with E-state index in [2.05, 4.69) is 15.3 Å². The molecule has 0 bridgehead atoms. The molecule has 1 heterocycles. The van der Waals surface area contributed by atoms with Gasteiger partial charge in [0, 0.05) is 17.5 Å². The molecule has 4 rings (SSSR count). The van der Waals surface area contributed by atoms with Crippen molar-refractivity contribution in [2.24, 2.45) is 0 Å². The number of carbonyl (C=O) groups excluding carboxylic acids is 3. The van der Waals surface area contributed by atoms with Crippen molar-refractivity contribution in [3.63, 3.8) is 0 Å². The van der Waals surface area contributed by atoms with E-state index in [1.807, 2.05) is 30.3 Å². The number of carbonyl (C=O) groups is 3. The lowest BCUT2D eigenvalue weighted by atomic mass is 9.97. The van der Waals surface area contributed by atoms with E-state index in [1.54, 1.807) is 24.3 Å². The molecule has 3 N–H and O–H groups in total. The fourth-order valence-electron chi connectivity index (χ4n) is 3.63. The molecule has 0 aliphatic carbocycles. The Hall–Kier alpha value is -4.46. The molecule has 0 aliphatic rings. The number of nitrogens with zero attached hydrogens (tertiary/aromatic N) is 1. The molecule has 0 spiro atoms. The van der Waals surface area contributed by atoms with E-state index < -0.39 is 17.9 Å². The van der Waals surface area contributed by atoms with Crippen molar-refractivity contribution in [3.8, 4) is 5.75 Å². The number of fused-ring (bicyclic) bond motifs is 1. The second-order valence-corrected chi connectivity index (χ2v) is 7.86. The number of phenolic OH excluding ortho intramolecular Hbond substituents is 1. The highest BCUT2D eigenvalue weighted by atomic mass is 16.5. The zero-order valence-corrected chi connectivity index (χ0v) is 18.4. The smallest absolute Gasteiger partial charge is 0.329 e. The molecule has 34 heavy (non-hydrogen) atoms. The molecule has 4 aromatic rings. The molecular formula is C26H23N3O5. The number of benzene rings is 3. The number of ketones is 1. The molecule has 8 nitrogen and oxygen atoms in total. The number of hydrogen-bond acceptors (Lipinski definition) is 6. The van der Waals surface area contributed by atoms with E-state index in [-0.39, 0.29) is 30.1 Å². The first-order valence-electron chi connectivity index (χ1n) is 10.7. The number of imidazole rings is 1. The minimum absolute atomic E-state index is 0.0147. The van der Waals surface area contributed by atoms with E-state index >= 15 is 0 Å².